The van der Waals surface area contributed by atoms with Gasteiger partial charge in [-0.05, 0) is 70.1 Å². The summed E-state index contributed by atoms with van der Waals surface area (Å²) in [6, 6.07) is 0. The zero-order valence-corrected chi connectivity index (χ0v) is 19.7. The Morgan fingerprint density at radius 1 is 0.867 bits per heavy atom. The molecule has 0 aliphatic heterocycles. The van der Waals surface area contributed by atoms with Gasteiger partial charge in [0.2, 0.25) is 5.91 Å². The van der Waals surface area contributed by atoms with Gasteiger partial charge in [-0.3, -0.25) is 9.69 Å². The van der Waals surface area contributed by atoms with E-state index in [1.54, 1.807) is 31.4 Å². The second kappa shape index (κ2) is 19.1. The van der Waals surface area contributed by atoms with Crippen molar-refractivity contribution >= 4 is 5.91 Å². The number of nitrogens with zero attached hydrogens (tertiary/aromatic N) is 1. The van der Waals surface area contributed by atoms with Crippen molar-refractivity contribution in [3.05, 3.63) is 96.0 Å². The molecule has 1 amide bonds. The summed E-state index contributed by atoms with van der Waals surface area (Å²) in [7, 11) is 0. The maximum Gasteiger partial charge on any atom is 0.227 e. The molecule has 5 heteroatoms. The second-order valence-corrected chi connectivity index (χ2v) is 5.79. The van der Waals surface area contributed by atoms with Crippen LogP contribution in [0.3, 0.4) is 0 Å². The first kappa shape index (κ1) is 31.5. The average Bonchev–Trinajstić information content (AvgIpc) is 2.66. The fraction of sp³-hybridized carbons (Fsp3) is 0.320. The highest BCUT2D eigenvalue weighted by atomic mass is 16.3. The molecule has 30 heavy (non-hydrogen) atoms. The predicted molar refractivity (Wildman–Crippen MR) is 129 cm³/mol. The number of aliphatic hydroxyl groups excluding tert-OH is 3. The zero-order valence-electron chi connectivity index (χ0n) is 19.7. The molecule has 0 aliphatic rings. The van der Waals surface area contributed by atoms with E-state index < -0.39 is 0 Å². The van der Waals surface area contributed by atoms with Crippen LogP contribution in [0.5, 0.6) is 0 Å². The van der Waals surface area contributed by atoms with Crippen LogP contribution in [-0.4, -0.2) is 26.1 Å². The molecule has 5 nitrogen and oxygen atoms in total. The van der Waals surface area contributed by atoms with Gasteiger partial charge in [0, 0.05) is 18.8 Å². The van der Waals surface area contributed by atoms with Crippen molar-refractivity contribution in [1.29, 1.82) is 0 Å². The maximum absolute atomic E-state index is 12.1. The van der Waals surface area contributed by atoms with Crippen LogP contribution in [0.2, 0.25) is 0 Å². The van der Waals surface area contributed by atoms with Crippen molar-refractivity contribution in [2.45, 2.75) is 55.4 Å². The van der Waals surface area contributed by atoms with Gasteiger partial charge in [-0.15, -0.1) is 0 Å². The van der Waals surface area contributed by atoms with Crippen LogP contribution < -0.4 is 0 Å². The van der Waals surface area contributed by atoms with E-state index in [1.165, 1.54) is 30.9 Å². The van der Waals surface area contributed by atoms with Gasteiger partial charge in [-0.25, -0.2) is 0 Å². The summed E-state index contributed by atoms with van der Waals surface area (Å²) < 4.78 is 0. The number of aliphatic hydroxyl groups is 3. The third-order valence-electron chi connectivity index (χ3n) is 3.09. The van der Waals surface area contributed by atoms with E-state index in [-0.39, 0.29) is 23.2 Å². The summed E-state index contributed by atoms with van der Waals surface area (Å²) in [6.07, 6.45) is 13.4. The number of carbonyl (C=O) groups is 1. The van der Waals surface area contributed by atoms with Crippen molar-refractivity contribution in [2.24, 2.45) is 0 Å². The van der Waals surface area contributed by atoms with Crippen LogP contribution in [0.1, 0.15) is 55.4 Å². The summed E-state index contributed by atoms with van der Waals surface area (Å²) in [5, 5.41) is 26.8. The molecule has 0 saturated carbocycles. The SMILES string of the molecule is C=C(C)O.C=C(O)/C=C(C)/C(=C\N(C(C)=O)C(/C=C\C(O)=C/C)=C/C)/C=C/C.CC. The molecule has 168 valence electrons. The van der Waals surface area contributed by atoms with E-state index in [0.717, 1.165) is 11.1 Å². The van der Waals surface area contributed by atoms with Crippen molar-refractivity contribution in [3.8, 4) is 0 Å². The fourth-order valence-corrected chi connectivity index (χ4v) is 1.86. The molecule has 3 N–H and O–H groups in total. The van der Waals surface area contributed by atoms with Crippen molar-refractivity contribution in [1.82, 2.24) is 4.90 Å². The van der Waals surface area contributed by atoms with Gasteiger partial charge in [0.25, 0.3) is 0 Å². The Labute approximate surface area is 182 Å². The minimum Gasteiger partial charge on any atom is -0.513 e. The lowest BCUT2D eigenvalue weighted by Crippen LogP contribution is -2.22. The van der Waals surface area contributed by atoms with E-state index in [0.29, 0.717) is 5.70 Å². The van der Waals surface area contributed by atoms with Crippen LogP contribution in [0, 0.1) is 0 Å². The smallest absolute Gasteiger partial charge is 0.227 e. The Balaban J connectivity index is -0.00000108. The molecule has 0 radical (unpaired) electrons. The molecule has 0 aromatic heterocycles. The van der Waals surface area contributed by atoms with Crippen molar-refractivity contribution in [2.75, 3.05) is 0 Å². The Morgan fingerprint density at radius 2 is 1.37 bits per heavy atom. The molecule has 0 spiro atoms. The van der Waals surface area contributed by atoms with Crippen LogP contribution in [0.4, 0.5) is 0 Å². The lowest BCUT2D eigenvalue weighted by Gasteiger charge is -2.19. The minimum atomic E-state index is -0.176. The molecule has 0 heterocycles. The van der Waals surface area contributed by atoms with Gasteiger partial charge < -0.3 is 15.3 Å². The Kier molecular flexibility index (Phi) is 20.1. The average molecular weight is 418 g/mol. The maximum atomic E-state index is 12.1. The highest BCUT2D eigenvalue weighted by Crippen LogP contribution is 2.18. The highest BCUT2D eigenvalue weighted by Gasteiger charge is 2.11. The Bertz CT molecular complexity index is 728. The van der Waals surface area contributed by atoms with Gasteiger partial charge in [-0.2, -0.15) is 0 Å². The van der Waals surface area contributed by atoms with Crippen molar-refractivity contribution < 1.29 is 20.1 Å². The van der Waals surface area contributed by atoms with Crippen LogP contribution >= 0.6 is 0 Å². The molecule has 0 unspecified atom stereocenters. The first-order chi connectivity index (χ1) is 14.0. The molecule has 0 fully saturated rings. The summed E-state index contributed by atoms with van der Waals surface area (Å²) in [4.78, 5) is 13.5. The molecule has 0 aromatic rings. The largest absolute Gasteiger partial charge is 0.513 e. The zero-order chi connectivity index (χ0) is 24.3. The summed E-state index contributed by atoms with van der Waals surface area (Å²) in [5.41, 5.74) is 2.14. The van der Waals surface area contributed by atoms with E-state index in [9.17, 15) is 15.0 Å². The fourth-order valence-electron chi connectivity index (χ4n) is 1.86. The Morgan fingerprint density at radius 3 is 1.70 bits per heavy atom. The number of amides is 1. The van der Waals surface area contributed by atoms with Gasteiger partial charge in [-0.1, -0.05) is 45.2 Å². The van der Waals surface area contributed by atoms with Gasteiger partial charge in [0.05, 0.1) is 5.76 Å². The monoisotopic (exact) mass is 417 g/mol. The number of hydrogen-bond donors (Lipinski definition) is 3. The van der Waals surface area contributed by atoms with E-state index in [4.69, 9.17) is 5.11 Å². The second-order valence-electron chi connectivity index (χ2n) is 5.79. The first-order valence-electron chi connectivity index (χ1n) is 9.75. The number of allylic oxidation sites excluding steroid dienone is 10. The molecular weight excluding hydrogens is 378 g/mol. The quantitative estimate of drug-likeness (QED) is 0.299. The van der Waals surface area contributed by atoms with E-state index in [2.05, 4.69) is 13.2 Å². The molecule has 0 aliphatic carbocycles. The lowest BCUT2D eigenvalue weighted by atomic mass is 10.1. The molecule has 0 aromatic carbocycles. The van der Waals surface area contributed by atoms with Crippen molar-refractivity contribution in [3.63, 3.8) is 0 Å². The number of rotatable bonds is 7. The van der Waals surface area contributed by atoms with Gasteiger partial charge >= 0.3 is 0 Å². The standard InChI is InChI=1S/C20H27NO3.C3H6O.C2H6/c1-7-10-18(15(4)13-16(5)22)14-21(17(6)23)19(8-2)11-12-20(24)9-3;1-3(2)4;1-2/h7-14,22,24H,5H2,1-4,6H3;4H,1H2,2H3;1-2H3/b10-7+,12-11-,15-13+,18-14-,19-8+,20-9+;;. The number of carbonyl (C=O) groups excluding carboxylic acids is 1. The Hall–Kier alpha value is -3.21. The van der Waals surface area contributed by atoms with Crippen LogP contribution in [-0.2, 0) is 4.79 Å². The molecule has 0 rings (SSSR count). The van der Waals surface area contributed by atoms with Gasteiger partial charge in [0.15, 0.2) is 0 Å². The summed E-state index contributed by atoms with van der Waals surface area (Å²) >= 11 is 0. The number of hydrogen-bond acceptors (Lipinski definition) is 4. The first-order valence-corrected chi connectivity index (χ1v) is 9.75. The summed E-state index contributed by atoms with van der Waals surface area (Å²) in [6.45, 7) is 20.8. The topological polar surface area (TPSA) is 81.0 Å². The van der Waals surface area contributed by atoms with Crippen LogP contribution in [0.15, 0.2) is 96.0 Å². The predicted octanol–water partition coefficient (Wildman–Crippen LogP) is 7.34. The molecular formula is C25H39NO4. The minimum absolute atomic E-state index is 0.0542. The normalized spacial score (nSPS) is 12.7. The highest BCUT2D eigenvalue weighted by molar-refractivity contribution is 5.77. The van der Waals surface area contributed by atoms with Crippen LogP contribution in [0.25, 0.3) is 0 Å². The summed E-state index contributed by atoms with van der Waals surface area (Å²) in [5.74, 6) is 0.0509. The molecule has 0 saturated heterocycles. The molecule has 0 atom stereocenters. The third-order valence-corrected chi connectivity index (χ3v) is 3.09. The molecule has 0 bridgehead atoms. The van der Waals surface area contributed by atoms with Gasteiger partial charge in [0.1, 0.15) is 11.5 Å². The third kappa shape index (κ3) is 16.9. The van der Waals surface area contributed by atoms with E-state index in [1.807, 2.05) is 46.8 Å². The lowest BCUT2D eigenvalue weighted by molar-refractivity contribution is -0.124. The van der Waals surface area contributed by atoms with E-state index >= 15 is 0 Å².